The standard InChI is InChI=1S/C24H25ClN4O2/c1-16-5-3-6-17(13-16)21-9-11-23(28-27-21)29-12-4-7-18(15-29)24(30)26-19-8-10-22(31-2)20(25)14-19/h3,5-6,8-11,13-14,18H,4,7,12,15H2,1-2H3,(H,26,30)/t18-/m0/s1. The maximum absolute atomic E-state index is 12.8. The highest BCUT2D eigenvalue weighted by Gasteiger charge is 2.27. The largest absolute Gasteiger partial charge is 0.495 e. The van der Waals surface area contributed by atoms with Gasteiger partial charge in [0.1, 0.15) is 5.75 Å². The van der Waals surface area contributed by atoms with Crippen molar-refractivity contribution in [3.63, 3.8) is 0 Å². The molecule has 1 N–H and O–H groups in total. The zero-order valence-corrected chi connectivity index (χ0v) is 18.4. The quantitative estimate of drug-likeness (QED) is 0.611. The number of amides is 1. The van der Waals surface area contributed by atoms with E-state index in [4.69, 9.17) is 16.3 Å². The lowest BCUT2D eigenvalue weighted by molar-refractivity contribution is -0.120. The van der Waals surface area contributed by atoms with Crippen molar-refractivity contribution < 1.29 is 9.53 Å². The molecule has 31 heavy (non-hydrogen) atoms. The van der Waals surface area contributed by atoms with Gasteiger partial charge in [-0.1, -0.05) is 35.4 Å². The van der Waals surface area contributed by atoms with Crippen LogP contribution in [0.2, 0.25) is 5.02 Å². The number of rotatable bonds is 5. The lowest BCUT2D eigenvalue weighted by atomic mass is 9.97. The van der Waals surface area contributed by atoms with E-state index in [0.717, 1.165) is 36.5 Å². The third kappa shape index (κ3) is 4.97. The molecule has 1 aromatic heterocycles. The molecule has 1 aliphatic heterocycles. The van der Waals surface area contributed by atoms with E-state index in [-0.39, 0.29) is 11.8 Å². The molecule has 160 valence electrons. The van der Waals surface area contributed by atoms with E-state index < -0.39 is 0 Å². The van der Waals surface area contributed by atoms with Gasteiger partial charge in [0.15, 0.2) is 5.82 Å². The molecule has 0 spiro atoms. The van der Waals surface area contributed by atoms with Crippen LogP contribution in [-0.2, 0) is 4.79 Å². The van der Waals surface area contributed by atoms with Gasteiger partial charge in [0, 0.05) is 24.3 Å². The lowest BCUT2D eigenvalue weighted by Gasteiger charge is -2.32. The fraction of sp³-hybridized carbons (Fsp3) is 0.292. The van der Waals surface area contributed by atoms with Crippen molar-refractivity contribution in [1.82, 2.24) is 10.2 Å². The number of aryl methyl sites for hydroxylation is 1. The Morgan fingerprint density at radius 3 is 2.74 bits per heavy atom. The maximum atomic E-state index is 12.8. The van der Waals surface area contributed by atoms with Gasteiger partial charge in [0.2, 0.25) is 5.91 Å². The Kier molecular flexibility index (Phi) is 6.37. The molecule has 0 aliphatic carbocycles. The number of aromatic nitrogens is 2. The summed E-state index contributed by atoms with van der Waals surface area (Å²) in [7, 11) is 1.56. The van der Waals surface area contributed by atoms with E-state index in [1.54, 1.807) is 25.3 Å². The summed E-state index contributed by atoms with van der Waals surface area (Å²) in [6, 6.07) is 17.4. The number of benzene rings is 2. The van der Waals surface area contributed by atoms with Crippen LogP contribution in [0.4, 0.5) is 11.5 Å². The number of methoxy groups -OCH3 is 1. The zero-order chi connectivity index (χ0) is 21.8. The topological polar surface area (TPSA) is 67.3 Å². The lowest BCUT2D eigenvalue weighted by Crippen LogP contribution is -2.41. The maximum Gasteiger partial charge on any atom is 0.229 e. The van der Waals surface area contributed by atoms with Crippen LogP contribution in [-0.4, -0.2) is 36.3 Å². The van der Waals surface area contributed by atoms with Crippen LogP contribution >= 0.6 is 11.6 Å². The van der Waals surface area contributed by atoms with Gasteiger partial charge in [-0.3, -0.25) is 4.79 Å². The average Bonchev–Trinajstić information content (AvgIpc) is 2.79. The monoisotopic (exact) mass is 436 g/mol. The molecule has 1 aliphatic rings. The van der Waals surface area contributed by atoms with E-state index in [1.165, 1.54) is 5.56 Å². The molecule has 0 saturated carbocycles. The number of piperidine rings is 1. The molecule has 1 saturated heterocycles. The third-order valence-corrected chi connectivity index (χ3v) is 5.80. The van der Waals surface area contributed by atoms with Gasteiger partial charge in [0.25, 0.3) is 0 Å². The van der Waals surface area contributed by atoms with Gasteiger partial charge < -0.3 is 15.0 Å². The Hall–Kier alpha value is -3.12. The Labute approximate surface area is 187 Å². The molecule has 0 radical (unpaired) electrons. The number of carbonyl (C=O) groups is 1. The molecule has 0 unspecified atom stereocenters. The van der Waals surface area contributed by atoms with Crippen LogP contribution in [0.1, 0.15) is 18.4 Å². The summed E-state index contributed by atoms with van der Waals surface area (Å²) in [5, 5.41) is 12.3. The summed E-state index contributed by atoms with van der Waals surface area (Å²) < 4.78 is 5.16. The molecule has 3 aromatic rings. The summed E-state index contributed by atoms with van der Waals surface area (Å²) >= 11 is 6.17. The normalized spacial score (nSPS) is 16.1. The molecule has 2 heterocycles. The van der Waals surface area contributed by atoms with Crippen molar-refractivity contribution in [3.05, 3.63) is 65.2 Å². The predicted molar refractivity (Wildman–Crippen MR) is 124 cm³/mol. The molecule has 4 rings (SSSR count). The fourth-order valence-electron chi connectivity index (χ4n) is 3.84. The van der Waals surface area contributed by atoms with Crippen molar-refractivity contribution in [2.45, 2.75) is 19.8 Å². The molecule has 6 nitrogen and oxygen atoms in total. The molecule has 1 atom stereocenters. The van der Waals surface area contributed by atoms with Crippen molar-refractivity contribution in [1.29, 1.82) is 0 Å². The second-order valence-electron chi connectivity index (χ2n) is 7.77. The highest BCUT2D eigenvalue weighted by Crippen LogP contribution is 2.29. The van der Waals surface area contributed by atoms with E-state index in [1.807, 2.05) is 24.3 Å². The molecule has 1 amide bonds. The smallest absolute Gasteiger partial charge is 0.229 e. The third-order valence-electron chi connectivity index (χ3n) is 5.50. The van der Waals surface area contributed by atoms with Crippen LogP contribution in [0.3, 0.4) is 0 Å². The second kappa shape index (κ2) is 9.35. The van der Waals surface area contributed by atoms with Crippen LogP contribution in [0.25, 0.3) is 11.3 Å². The van der Waals surface area contributed by atoms with E-state index in [0.29, 0.717) is 23.0 Å². The first-order chi connectivity index (χ1) is 15.0. The van der Waals surface area contributed by atoms with Gasteiger partial charge in [0.05, 0.1) is 23.7 Å². The van der Waals surface area contributed by atoms with Crippen LogP contribution < -0.4 is 15.0 Å². The van der Waals surface area contributed by atoms with Gasteiger partial charge in [-0.2, -0.15) is 0 Å². The highest BCUT2D eigenvalue weighted by atomic mass is 35.5. The molecule has 2 aromatic carbocycles. The number of nitrogens with one attached hydrogen (secondary N) is 1. The summed E-state index contributed by atoms with van der Waals surface area (Å²) in [6.07, 6.45) is 1.75. The van der Waals surface area contributed by atoms with Crippen molar-refractivity contribution in [2.75, 3.05) is 30.4 Å². The van der Waals surface area contributed by atoms with E-state index in [9.17, 15) is 4.79 Å². The Morgan fingerprint density at radius 2 is 2.03 bits per heavy atom. The fourth-order valence-corrected chi connectivity index (χ4v) is 4.10. The number of ether oxygens (including phenoxy) is 1. The molecular formula is C24H25ClN4O2. The minimum Gasteiger partial charge on any atom is -0.495 e. The SMILES string of the molecule is COc1ccc(NC(=O)[C@H]2CCCN(c3ccc(-c4cccc(C)c4)nn3)C2)cc1Cl. The van der Waals surface area contributed by atoms with Crippen LogP contribution in [0.5, 0.6) is 5.75 Å². The molecule has 0 bridgehead atoms. The number of hydrogen-bond acceptors (Lipinski definition) is 5. The molecule has 1 fully saturated rings. The summed E-state index contributed by atoms with van der Waals surface area (Å²) in [5.74, 6) is 1.22. The summed E-state index contributed by atoms with van der Waals surface area (Å²) in [5.41, 5.74) is 3.74. The summed E-state index contributed by atoms with van der Waals surface area (Å²) in [4.78, 5) is 15.0. The van der Waals surface area contributed by atoms with Crippen molar-refractivity contribution in [3.8, 4) is 17.0 Å². The molecule has 7 heteroatoms. The minimum absolute atomic E-state index is 0.0183. The first-order valence-electron chi connectivity index (χ1n) is 10.3. The zero-order valence-electron chi connectivity index (χ0n) is 17.6. The van der Waals surface area contributed by atoms with Gasteiger partial charge >= 0.3 is 0 Å². The number of carbonyl (C=O) groups excluding carboxylic acids is 1. The number of nitrogens with zero attached hydrogens (tertiary/aromatic N) is 3. The Bertz CT molecular complexity index is 1070. The van der Waals surface area contributed by atoms with Gasteiger partial charge in [-0.15, -0.1) is 10.2 Å². The van der Waals surface area contributed by atoms with Gasteiger partial charge in [-0.25, -0.2) is 0 Å². The number of halogens is 1. The predicted octanol–water partition coefficient (Wildman–Crippen LogP) is 4.97. The number of hydrogen-bond donors (Lipinski definition) is 1. The summed E-state index contributed by atoms with van der Waals surface area (Å²) in [6.45, 7) is 3.52. The Morgan fingerprint density at radius 1 is 1.16 bits per heavy atom. The van der Waals surface area contributed by atoms with Crippen molar-refractivity contribution in [2.24, 2.45) is 5.92 Å². The minimum atomic E-state index is -0.132. The first-order valence-corrected chi connectivity index (χ1v) is 10.7. The van der Waals surface area contributed by atoms with E-state index >= 15 is 0 Å². The number of anilines is 2. The van der Waals surface area contributed by atoms with Crippen LogP contribution in [0, 0.1) is 12.8 Å². The molecular weight excluding hydrogens is 412 g/mol. The van der Waals surface area contributed by atoms with Gasteiger partial charge in [-0.05, 0) is 56.2 Å². The van der Waals surface area contributed by atoms with Crippen LogP contribution in [0.15, 0.2) is 54.6 Å². The average molecular weight is 437 g/mol. The second-order valence-corrected chi connectivity index (χ2v) is 8.18. The highest BCUT2D eigenvalue weighted by molar-refractivity contribution is 6.32. The Balaban J connectivity index is 1.42. The van der Waals surface area contributed by atoms with Crippen molar-refractivity contribution >= 4 is 29.0 Å². The first kappa shape index (κ1) is 21.1. The van der Waals surface area contributed by atoms with E-state index in [2.05, 4.69) is 39.5 Å².